The predicted molar refractivity (Wildman–Crippen MR) is 122 cm³/mol. The highest BCUT2D eigenvalue weighted by Gasteiger charge is 2.19. The third-order valence-electron chi connectivity index (χ3n) is 4.73. The van der Waals surface area contributed by atoms with Gasteiger partial charge < -0.3 is 0 Å². The maximum absolute atomic E-state index is 13.2. The van der Waals surface area contributed by atoms with Crippen molar-refractivity contribution in [3.63, 3.8) is 0 Å². The number of pyridine rings is 1. The highest BCUT2D eigenvalue weighted by atomic mass is 35.5. The highest BCUT2D eigenvalue weighted by Crippen LogP contribution is 2.35. The van der Waals surface area contributed by atoms with Crippen LogP contribution in [-0.4, -0.2) is 10.8 Å². The molecule has 0 saturated carbocycles. The SMILES string of the molecule is Cc1nc2ccc(Cl)cc2c(-c2ccccc2)c1C(=O)C=Cc1ccc(Cl)cc1. The number of aromatic nitrogens is 1. The van der Waals surface area contributed by atoms with Crippen LogP contribution in [0.4, 0.5) is 0 Å². The van der Waals surface area contributed by atoms with Crippen molar-refractivity contribution in [3.05, 3.63) is 106 Å². The second kappa shape index (κ2) is 8.20. The first kappa shape index (κ1) is 19.4. The average Bonchev–Trinajstić information content (AvgIpc) is 2.73. The Bertz CT molecular complexity index is 1230. The van der Waals surface area contributed by atoms with Crippen LogP contribution in [0.5, 0.6) is 0 Å². The van der Waals surface area contributed by atoms with Crippen molar-refractivity contribution >= 4 is 46.0 Å². The minimum Gasteiger partial charge on any atom is -0.289 e. The fraction of sp³-hybridized carbons (Fsp3) is 0.0400. The summed E-state index contributed by atoms with van der Waals surface area (Å²) in [4.78, 5) is 17.9. The monoisotopic (exact) mass is 417 g/mol. The molecule has 4 rings (SSSR count). The predicted octanol–water partition coefficient (Wildman–Crippen LogP) is 7.41. The third kappa shape index (κ3) is 4.09. The van der Waals surface area contributed by atoms with E-state index >= 15 is 0 Å². The van der Waals surface area contributed by atoms with Gasteiger partial charge in [0.2, 0.25) is 0 Å². The van der Waals surface area contributed by atoms with Crippen LogP contribution >= 0.6 is 23.2 Å². The number of halogens is 2. The number of fused-ring (bicyclic) bond motifs is 1. The topological polar surface area (TPSA) is 30.0 Å². The van der Waals surface area contributed by atoms with Gasteiger partial charge >= 0.3 is 0 Å². The second-order valence-electron chi connectivity index (χ2n) is 6.72. The van der Waals surface area contributed by atoms with Crippen LogP contribution in [0.1, 0.15) is 21.6 Å². The molecule has 4 aromatic rings. The first-order valence-corrected chi connectivity index (χ1v) is 9.92. The summed E-state index contributed by atoms with van der Waals surface area (Å²) in [6, 6.07) is 22.8. The average molecular weight is 418 g/mol. The number of benzene rings is 3. The zero-order valence-electron chi connectivity index (χ0n) is 15.7. The molecule has 1 aromatic heterocycles. The lowest BCUT2D eigenvalue weighted by Gasteiger charge is -2.14. The second-order valence-corrected chi connectivity index (χ2v) is 7.60. The van der Waals surface area contributed by atoms with Gasteiger partial charge in [0.1, 0.15) is 0 Å². The van der Waals surface area contributed by atoms with Crippen LogP contribution in [0.15, 0.2) is 78.9 Å². The van der Waals surface area contributed by atoms with Gasteiger partial charge in [-0.2, -0.15) is 0 Å². The smallest absolute Gasteiger partial charge is 0.188 e. The van der Waals surface area contributed by atoms with Crippen LogP contribution in [0, 0.1) is 6.92 Å². The normalized spacial score (nSPS) is 11.3. The van der Waals surface area contributed by atoms with E-state index in [-0.39, 0.29) is 5.78 Å². The van der Waals surface area contributed by atoms with Gasteiger partial charge in [-0.15, -0.1) is 0 Å². The summed E-state index contributed by atoms with van der Waals surface area (Å²) in [5, 5.41) is 2.12. The van der Waals surface area contributed by atoms with Crippen molar-refractivity contribution in [1.82, 2.24) is 4.98 Å². The van der Waals surface area contributed by atoms with E-state index in [4.69, 9.17) is 23.2 Å². The largest absolute Gasteiger partial charge is 0.289 e. The quantitative estimate of drug-likeness (QED) is 0.255. The lowest BCUT2D eigenvalue weighted by molar-refractivity contribution is 0.104. The number of carbonyl (C=O) groups excluding carboxylic acids is 1. The minimum atomic E-state index is -0.106. The fourth-order valence-corrected chi connectivity index (χ4v) is 3.69. The molecule has 4 heteroatoms. The molecule has 29 heavy (non-hydrogen) atoms. The lowest BCUT2D eigenvalue weighted by Crippen LogP contribution is -2.05. The van der Waals surface area contributed by atoms with E-state index < -0.39 is 0 Å². The first-order valence-electron chi connectivity index (χ1n) is 9.16. The maximum Gasteiger partial charge on any atom is 0.188 e. The summed E-state index contributed by atoms with van der Waals surface area (Å²) in [7, 11) is 0. The van der Waals surface area contributed by atoms with E-state index in [1.165, 1.54) is 0 Å². The van der Waals surface area contributed by atoms with E-state index in [9.17, 15) is 4.79 Å². The molecule has 0 aliphatic carbocycles. The number of nitrogens with zero attached hydrogens (tertiary/aromatic N) is 1. The zero-order chi connectivity index (χ0) is 20.4. The van der Waals surface area contributed by atoms with Crippen molar-refractivity contribution in [2.24, 2.45) is 0 Å². The van der Waals surface area contributed by atoms with Crippen LogP contribution in [-0.2, 0) is 0 Å². The number of hydrogen-bond donors (Lipinski definition) is 0. The van der Waals surface area contributed by atoms with Crippen molar-refractivity contribution < 1.29 is 4.79 Å². The Hall–Kier alpha value is -2.94. The standard InChI is InChI=1S/C25H17Cl2NO/c1-16-24(23(29)14-9-17-7-10-19(26)11-8-17)25(18-5-3-2-4-6-18)21-15-20(27)12-13-22(21)28-16/h2-15H,1H3. The van der Waals surface area contributed by atoms with Crippen molar-refractivity contribution in [3.8, 4) is 11.1 Å². The number of hydrogen-bond acceptors (Lipinski definition) is 2. The number of allylic oxidation sites excluding steroid dienone is 1. The molecule has 0 bridgehead atoms. The zero-order valence-corrected chi connectivity index (χ0v) is 17.2. The third-order valence-corrected chi connectivity index (χ3v) is 5.22. The lowest BCUT2D eigenvalue weighted by atomic mass is 9.92. The van der Waals surface area contributed by atoms with E-state index in [0.29, 0.717) is 21.3 Å². The number of carbonyl (C=O) groups is 1. The number of ketones is 1. The molecule has 1 heterocycles. The van der Waals surface area contributed by atoms with Crippen molar-refractivity contribution in [2.75, 3.05) is 0 Å². The molecule has 0 aliphatic heterocycles. The Morgan fingerprint density at radius 1 is 0.897 bits per heavy atom. The minimum absolute atomic E-state index is 0.106. The Morgan fingerprint density at radius 2 is 1.59 bits per heavy atom. The number of aryl methyl sites for hydroxylation is 1. The van der Waals surface area contributed by atoms with Gasteiger partial charge in [0.25, 0.3) is 0 Å². The Labute approximate surface area is 179 Å². The molecule has 3 aromatic carbocycles. The van der Waals surface area contributed by atoms with Gasteiger partial charge in [0, 0.05) is 26.7 Å². The molecule has 0 spiro atoms. The van der Waals surface area contributed by atoms with Gasteiger partial charge in [0.15, 0.2) is 5.78 Å². The molecular weight excluding hydrogens is 401 g/mol. The van der Waals surface area contributed by atoms with Crippen LogP contribution < -0.4 is 0 Å². The molecule has 0 fully saturated rings. The fourth-order valence-electron chi connectivity index (χ4n) is 3.39. The molecule has 142 valence electrons. The molecule has 0 unspecified atom stereocenters. The summed E-state index contributed by atoms with van der Waals surface area (Å²) in [5.41, 5.74) is 4.78. The first-order chi connectivity index (χ1) is 14.0. The van der Waals surface area contributed by atoms with Crippen molar-refractivity contribution in [2.45, 2.75) is 6.92 Å². The van der Waals surface area contributed by atoms with E-state index in [1.807, 2.05) is 67.6 Å². The van der Waals surface area contributed by atoms with Gasteiger partial charge in [0.05, 0.1) is 11.1 Å². The highest BCUT2D eigenvalue weighted by molar-refractivity contribution is 6.31. The molecule has 0 amide bonds. The van der Waals surface area contributed by atoms with Gasteiger partial charge in [-0.1, -0.05) is 71.7 Å². The number of rotatable bonds is 4. The summed E-state index contributed by atoms with van der Waals surface area (Å²) in [6.45, 7) is 1.86. The summed E-state index contributed by atoms with van der Waals surface area (Å²) < 4.78 is 0. The van der Waals surface area contributed by atoms with Crippen LogP contribution in [0.3, 0.4) is 0 Å². The van der Waals surface area contributed by atoms with Gasteiger partial charge in [-0.3, -0.25) is 9.78 Å². The van der Waals surface area contributed by atoms with Crippen LogP contribution in [0.2, 0.25) is 10.0 Å². The molecule has 2 nitrogen and oxygen atoms in total. The van der Waals surface area contributed by atoms with Crippen LogP contribution in [0.25, 0.3) is 28.1 Å². The molecular formula is C25H17Cl2NO. The summed E-state index contributed by atoms with van der Waals surface area (Å²) in [5.74, 6) is -0.106. The van der Waals surface area contributed by atoms with Crippen molar-refractivity contribution in [1.29, 1.82) is 0 Å². The maximum atomic E-state index is 13.2. The molecule has 0 N–H and O–H groups in total. The Kier molecular flexibility index (Phi) is 5.48. The van der Waals surface area contributed by atoms with E-state index in [0.717, 1.165) is 27.6 Å². The van der Waals surface area contributed by atoms with Gasteiger partial charge in [-0.05, 0) is 54.5 Å². The van der Waals surface area contributed by atoms with E-state index in [1.54, 1.807) is 24.3 Å². The Balaban J connectivity index is 1.90. The summed E-state index contributed by atoms with van der Waals surface area (Å²) in [6.07, 6.45) is 3.37. The molecule has 0 aliphatic rings. The molecule has 0 saturated heterocycles. The van der Waals surface area contributed by atoms with E-state index in [2.05, 4.69) is 4.98 Å². The Morgan fingerprint density at radius 3 is 2.31 bits per heavy atom. The molecule has 0 radical (unpaired) electrons. The molecule has 0 atom stereocenters. The van der Waals surface area contributed by atoms with Gasteiger partial charge in [-0.25, -0.2) is 0 Å². The summed E-state index contributed by atoms with van der Waals surface area (Å²) >= 11 is 12.2.